The standard InChI is InChI=1S/C9H7BrN2O/c1-12(9(13)5-6-10)8-4-2-3-7-11-8/h2-4,7H,1H3. The van der Waals surface area contributed by atoms with Crippen molar-refractivity contribution in [3.63, 3.8) is 0 Å². The van der Waals surface area contributed by atoms with Crippen molar-refractivity contribution in [3.8, 4) is 10.8 Å². The largest absolute Gasteiger partial charge is 0.304 e. The van der Waals surface area contributed by atoms with Gasteiger partial charge < -0.3 is 0 Å². The number of halogens is 1. The van der Waals surface area contributed by atoms with Crippen LogP contribution in [0.1, 0.15) is 0 Å². The van der Waals surface area contributed by atoms with Crippen LogP contribution in [-0.2, 0) is 4.79 Å². The van der Waals surface area contributed by atoms with Crippen LogP contribution in [0.5, 0.6) is 0 Å². The highest BCUT2D eigenvalue weighted by Gasteiger charge is 2.07. The van der Waals surface area contributed by atoms with Crippen LogP contribution in [0.3, 0.4) is 0 Å². The lowest BCUT2D eigenvalue weighted by Crippen LogP contribution is -2.25. The highest BCUT2D eigenvalue weighted by molar-refractivity contribution is 9.12. The third-order valence-corrected chi connectivity index (χ3v) is 1.65. The van der Waals surface area contributed by atoms with Gasteiger partial charge in [0.05, 0.1) is 0 Å². The Morgan fingerprint density at radius 1 is 1.62 bits per heavy atom. The molecule has 4 heteroatoms. The van der Waals surface area contributed by atoms with Crippen molar-refractivity contribution in [3.05, 3.63) is 24.4 Å². The quantitative estimate of drug-likeness (QED) is 0.694. The van der Waals surface area contributed by atoms with Gasteiger partial charge in [-0.15, -0.1) is 0 Å². The molecule has 0 unspecified atom stereocenters. The second-order valence-corrected chi connectivity index (χ2v) is 2.67. The predicted molar refractivity (Wildman–Crippen MR) is 54.4 cm³/mol. The molecular formula is C9H7BrN2O. The van der Waals surface area contributed by atoms with E-state index in [0.29, 0.717) is 5.82 Å². The number of nitrogens with zero attached hydrogens (tertiary/aromatic N) is 2. The van der Waals surface area contributed by atoms with Crippen molar-refractivity contribution in [1.82, 2.24) is 4.98 Å². The number of pyridine rings is 1. The van der Waals surface area contributed by atoms with Crippen molar-refractivity contribution in [2.45, 2.75) is 0 Å². The zero-order chi connectivity index (χ0) is 9.68. The van der Waals surface area contributed by atoms with Gasteiger partial charge in [0, 0.05) is 35.1 Å². The Morgan fingerprint density at radius 2 is 2.38 bits per heavy atom. The molecule has 0 atom stereocenters. The first-order valence-corrected chi connectivity index (χ1v) is 4.35. The highest BCUT2D eigenvalue weighted by Crippen LogP contribution is 2.05. The Kier molecular flexibility index (Phi) is 3.47. The first kappa shape index (κ1) is 9.75. The second-order valence-electron chi connectivity index (χ2n) is 2.27. The van der Waals surface area contributed by atoms with Gasteiger partial charge in [-0.05, 0) is 17.0 Å². The molecule has 1 rings (SSSR count). The van der Waals surface area contributed by atoms with Crippen LogP contribution in [-0.4, -0.2) is 17.9 Å². The molecule has 1 aromatic rings. The molecule has 0 N–H and O–H groups in total. The minimum Gasteiger partial charge on any atom is -0.289 e. The van der Waals surface area contributed by atoms with Crippen LogP contribution in [0, 0.1) is 10.8 Å². The Bertz CT molecular complexity index is 353. The monoisotopic (exact) mass is 238 g/mol. The Morgan fingerprint density at radius 3 is 2.92 bits per heavy atom. The lowest BCUT2D eigenvalue weighted by Gasteiger charge is -2.11. The molecule has 0 aliphatic heterocycles. The molecule has 3 nitrogen and oxygen atoms in total. The van der Waals surface area contributed by atoms with E-state index in [1.54, 1.807) is 25.4 Å². The summed E-state index contributed by atoms with van der Waals surface area (Å²) >= 11 is 2.86. The molecule has 0 saturated carbocycles. The third kappa shape index (κ3) is 2.56. The normalized spacial score (nSPS) is 8.46. The third-order valence-electron chi connectivity index (χ3n) is 1.45. The van der Waals surface area contributed by atoms with Gasteiger partial charge in [0.25, 0.3) is 0 Å². The molecule has 0 saturated heterocycles. The zero-order valence-corrected chi connectivity index (χ0v) is 8.58. The molecular weight excluding hydrogens is 232 g/mol. The van der Waals surface area contributed by atoms with Crippen LogP contribution in [0.15, 0.2) is 24.4 Å². The van der Waals surface area contributed by atoms with Gasteiger partial charge in [-0.2, -0.15) is 0 Å². The molecule has 0 aliphatic rings. The van der Waals surface area contributed by atoms with E-state index in [2.05, 4.69) is 31.7 Å². The fourth-order valence-corrected chi connectivity index (χ4v) is 0.950. The SMILES string of the molecule is CN(C(=O)C#CBr)c1ccccn1. The van der Waals surface area contributed by atoms with Gasteiger partial charge >= 0.3 is 5.91 Å². The number of anilines is 1. The molecule has 0 aliphatic carbocycles. The van der Waals surface area contributed by atoms with E-state index in [1.165, 1.54) is 4.90 Å². The lowest BCUT2D eigenvalue weighted by atomic mass is 10.4. The first-order chi connectivity index (χ1) is 6.25. The van der Waals surface area contributed by atoms with Crippen molar-refractivity contribution < 1.29 is 4.79 Å². The fourth-order valence-electron chi connectivity index (χ4n) is 0.780. The van der Waals surface area contributed by atoms with Crippen molar-refractivity contribution in [2.24, 2.45) is 0 Å². The maximum Gasteiger partial charge on any atom is 0.304 e. The van der Waals surface area contributed by atoms with Crippen molar-refractivity contribution in [2.75, 3.05) is 11.9 Å². The van der Waals surface area contributed by atoms with Crippen LogP contribution < -0.4 is 4.90 Å². The van der Waals surface area contributed by atoms with Gasteiger partial charge in [-0.3, -0.25) is 9.69 Å². The van der Waals surface area contributed by atoms with Gasteiger partial charge in [-0.25, -0.2) is 4.98 Å². The van der Waals surface area contributed by atoms with E-state index < -0.39 is 0 Å². The molecule has 1 heterocycles. The summed E-state index contributed by atoms with van der Waals surface area (Å²) in [6, 6.07) is 5.35. The maximum atomic E-state index is 11.2. The maximum absolute atomic E-state index is 11.2. The first-order valence-electron chi connectivity index (χ1n) is 3.56. The second kappa shape index (κ2) is 4.63. The van der Waals surface area contributed by atoms with Crippen LogP contribution >= 0.6 is 15.9 Å². The molecule has 13 heavy (non-hydrogen) atoms. The number of amides is 1. The molecule has 66 valence electrons. The van der Waals surface area contributed by atoms with Gasteiger partial charge in [0.2, 0.25) is 0 Å². The fraction of sp³-hybridized carbons (Fsp3) is 0.111. The smallest absolute Gasteiger partial charge is 0.289 e. The molecule has 0 aromatic carbocycles. The van der Waals surface area contributed by atoms with E-state index in [4.69, 9.17) is 0 Å². The molecule has 1 aromatic heterocycles. The van der Waals surface area contributed by atoms with E-state index in [9.17, 15) is 4.79 Å². The summed E-state index contributed by atoms with van der Waals surface area (Å²) in [5.74, 6) is 2.65. The average molecular weight is 239 g/mol. The summed E-state index contributed by atoms with van der Waals surface area (Å²) in [5.41, 5.74) is 0. The van der Waals surface area contributed by atoms with Crippen LogP contribution in [0.2, 0.25) is 0 Å². The van der Waals surface area contributed by atoms with E-state index >= 15 is 0 Å². The lowest BCUT2D eigenvalue weighted by molar-refractivity contribution is -0.113. The number of carbonyl (C=O) groups is 1. The van der Waals surface area contributed by atoms with Crippen molar-refractivity contribution >= 4 is 27.7 Å². The Hall–Kier alpha value is -1.34. The number of rotatable bonds is 1. The summed E-state index contributed by atoms with van der Waals surface area (Å²) < 4.78 is 0. The molecule has 0 radical (unpaired) electrons. The summed E-state index contributed by atoms with van der Waals surface area (Å²) in [7, 11) is 1.63. The van der Waals surface area contributed by atoms with Gasteiger partial charge in [0.15, 0.2) is 0 Å². The van der Waals surface area contributed by atoms with E-state index in [-0.39, 0.29) is 5.91 Å². The Labute approximate surface area is 84.9 Å². The molecule has 0 bridgehead atoms. The van der Waals surface area contributed by atoms with E-state index in [1.807, 2.05) is 6.07 Å². The number of hydrogen-bond donors (Lipinski definition) is 0. The van der Waals surface area contributed by atoms with Crippen LogP contribution in [0.25, 0.3) is 0 Å². The summed E-state index contributed by atoms with van der Waals surface area (Å²) in [6.45, 7) is 0. The number of aromatic nitrogens is 1. The molecule has 0 fully saturated rings. The summed E-state index contributed by atoms with van der Waals surface area (Å²) in [6.07, 6.45) is 1.63. The van der Waals surface area contributed by atoms with Gasteiger partial charge in [-0.1, -0.05) is 6.07 Å². The zero-order valence-electron chi connectivity index (χ0n) is 6.99. The summed E-state index contributed by atoms with van der Waals surface area (Å²) in [5, 5.41) is 0. The minimum absolute atomic E-state index is 0.296. The predicted octanol–water partition coefficient (Wildman–Crippen LogP) is 1.40. The number of carbonyl (C=O) groups excluding carboxylic acids is 1. The molecule has 0 spiro atoms. The average Bonchev–Trinajstić information content (AvgIpc) is 2.18. The van der Waals surface area contributed by atoms with Crippen LogP contribution in [0.4, 0.5) is 5.82 Å². The molecule has 1 amide bonds. The van der Waals surface area contributed by atoms with Crippen molar-refractivity contribution in [1.29, 1.82) is 0 Å². The Balaban J connectivity index is 2.84. The topological polar surface area (TPSA) is 33.2 Å². The minimum atomic E-state index is -0.296. The number of hydrogen-bond acceptors (Lipinski definition) is 2. The highest BCUT2D eigenvalue weighted by atomic mass is 79.9. The van der Waals surface area contributed by atoms with Gasteiger partial charge in [0.1, 0.15) is 5.82 Å². The summed E-state index contributed by atoms with van der Waals surface area (Å²) in [4.78, 5) is 19.0. The van der Waals surface area contributed by atoms with E-state index in [0.717, 1.165) is 0 Å².